The van der Waals surface area contributed by atoms with E-state index in [9.17, 15) is 9.59 Å². The van der Waals surface area contributed by atoms with Gasteiger partial charge in [-0.3, -0.25) is 9.59 Å². The van der Waals surface area contributed by atoms with Crippen molar-refractivity contribution in [3.05, 3.63) is 35.9 Å². The van der Waals surface area contributed by atoms with Gasteiger partial charge in [0.05, 0.1) is 0 Å². The van der Waals surface area contributed by atoms with E-state index < -0.39 is 0 Å². The maximum absolute atomic E-state index is 12.4. The van der Waals surface area contributed by atoms with Crippen LogP contribution in [0.25, 0.3) is 0 Å². The van der Waals surface area contributed by atoms with Crippen LogP contribution in [-0.2, 0) is 16.1 Å². The largest absolute Gasteiger partial charge is 0.356 e. The van der Waals surface area contributed by atoms with Gasteiger partial charge in [0, 0.05) is 32.0 Å². The Morgan fingerprint density at radius 3 is 2.74 bits per heavy atom. The molecular formula is C15H20N2O2. The van der Waals surface area contributed by atoms with Crippen LogP contribution < -0.4 is 5.32 Å². The molecule has 19 heavy (non-hydrogen) atoms. The SMILES string of the molecule is CCN(Cc1ccccc1)C(=O)C1CCNC(=O)C1. The van der Waals surface area contributed by atoms with Gasteiger partial charge in [0.15, 0.2) is 0 Å². The van der Waals surface area contributed by atoms with E-state index in [4.69, 9.17) is 0 Å². The number of piperidine rings is 1. The number of nitrogens with zero attached hydrogens (tertiary/aromatic N) is 1. The molecule has 0 bridgehead atoms. The lowest BCUT2D eigenvalue weighted by Gasteiger charge is -2.28. The van der Waals surface area contributed by atoms with E-state index in [0.717, 1.165) is 12.0 Å². The quantitative estimate of drug-likeness (QED) is 0.893. The Morgan fingerprint density at radius 1 is 1.37 bits per heavy atom. The predicted octanol–water partition coefficient (Wildman–Crippen LogP) is 1.56. The maximum Gasteiger partial charge on any atom is 0.226 e. The molecule has 0 spiro atoms. The average molecular weight is 260 g/mol. The number of nitrogens with one attached hydrogen (secondary N) is 1. The van der Waals surface area contributed by atoms with Crippen LogP contribution in [0.15, 0.2) is 30.3 Å². The van der Waals surface area contributed by atoms with E-state index in [0.29, 0.717) is 26.1 Å². The Bertz CT molecular complexity index is 445. The Hall–Kier alpha value is -1.84. The van der Waals surface area contributed by atoms with Gasteiger partial charge in [-0.05, 0) is 18.9 Å². The summed E-state index contributed by atoms with van der Waals surface area (Å²) in [5, 5.41) is 2.76. The molecule has 0 saturated carbocycles. The molecule has 1 aliphatic heterocycles. The van der Waals surface area contributed by atoms with Gasteiger partial charge in [0.25, 0.3) is 0 Å². The van der Waals surface area contributed by atoms with Gasteiger partial charge in [-0.15, -0.1) is 0 Å². The smallest absolute Gasteiger partial charge is 0.226 e. The molecule has 1 unspecified atom stereocenters. The summed E-state index contributed by atoms with van der Waals surface area (Å²) < 4.78 is 0. The van der Waals surface area contributed by atoms with Gasteiger partial charge in [0.1, 0.15) is 0 Å². The normalized spacial score (nSPS) is 18.8. The van der Waals surface area contributed by atoms with Crippen LogP contribution in [0.3, 0.4) is 0 Å². The van der Waals surface area contributed by atoms with Crippen LogP contribution in [0.4, 0.5) is 0 Å². The van der Waals surface area contributed by atoms with Crippen LogP contribution in [0, 0.1) is 5.92 Å². The van der Waals surface area contributed by atoms with Gasteiger partial charge in [-0.1, -0.05) is 30.3 Å². The molecule has 1 fully saturated rings. The van der Waals surface area contributed by atoms with Crippen molar-refractivity contribution in [1.29, 1.82) is 0 Å². The fourth-order valence-electron chi connectivity index (χ4n) is 2.40. The lowest BCUT2D eigenvalue weighted by molar-refractivity contribution is -0.140. The summed E-state index contributed by atoms with van der Waals surface area (Å²) in [6.45, 7) is 3.88. The highest BCUT2D eigenvalue weighted by Gasteiger charge is 2.28. The molecule has 1 N–H and O–H groups in total. The minimum Gasteiger partial charge on any atom is -0.356 e. The van der Waals surface area contributed by atoms with Gasteiger partial charge in [-0.2, -0.15) is 0 Å². The third-order valence-electron chi connectivity index (χ3n) is 3.51. The monoisotopic (exact) mass is 260 g/mol. The van der Waals surface area contributed by atoms with Gasteiger partial charge < -0.3 is 10.2 Å². The molecule has 1 aromatic carbocycles. The number of hydrogen-bond donors (Lipinski definition) is 1. The van der Waals surface area contributed by atoms with Crippen LogP contribution in [0.1, 0.15) is 25.3 Å². The zero-order valence-electron chi connectivity index (χ0n) is 11.3. The van der Waals surface area contributed by atoms with Gasteiger partial charge >= 0.3 is 0 Å². The van der Waals surface area contributed by atoms with Crippen molar-refractivity contribution < 1.29 is 9.59 Å². The number of carbonyl (C=O) groups is 2. The zero-order valence-corrected chi connectivity index (χ0v) is 11.3. The second-order valence-electron chi connectivity index (χ2n) is 4.88. The van der Waals surface area contributed by atoms with Crippen molar-refractivity contribution in [3.8, 4) is 0 Å². The fraction of sp³-hybridized carbons (Fsp3) is 0.467. The van der Waals surface area contributed by atoms with Crippen LogP contribution >= 0.6 is 0 Å². The van der Waals surface area contributed by atoms with Crippen molar-refractivity contribution in [3.63, 3.8) is 0 Å². The average Bonchev–Trinajstić information content (AvgIpc) is 2.45. The van der Waals surface area contributed by atoms with Crippen LogP contribution in [0.2, 0.25) is 0 Å². The molecular weight excluding hydrogens is 240 g/mol. The molecule has 0 radical (unpaired) electrons. The minimum absolute atomic E-state index is 0.0136. The number of amides is 2. The Kier molecular flexibility index (Phi) is 4.55. The summed E-state index contributed by atoms with van der Waals surface area (Å²) in [5.41, 5.74) is 1.12. The lowest BCUT2D eigenvalue weighted by Crippen LogP contribution is -2.42. The number of hydrogen-bond acceptors (Lipinski definition) is 2. The molecule has 4 nitrogen and oxygen atoms in total. The molecule has 2 amide bonds. The fourth-order valence-corrected chi connectivity index (χ4v) is 2.40. The first-order valence-corrected chi connectivity index (χ1v) is 6.80. The summed E-state index contributed by atoms with van der Waals surface area (Å²) >= 11 is 0. The zero-order chi connectivity index (χ0) is 13.7. The first-order chi connectivity index (χ1) is 9.20. The molecule has 2 rings (SSSR count). The molecule has 4 heteroatoms. The molecule has 1 atom stereocenters. The third kappa shape index (κ3) is 3.56. The van der Waals surface area contributed by atoms with Gasteiger partial charge in [0.2, 0.25) is 11.8 Å². The highest BCUT2D eigenvalue weighted by atomic mass is 16.2. The molecule has 1 aliphatic rings. The van der Waals surface area contributed by atoms with Crippen molar-refractivity contribution in [2.24, 2.45) is 5.92 Å². The third-order valence-corrected chi connectivity index (χ3v) is 3.51. The highest BCUT2D eigenvalue weighted by Crippen LogP contribution is 2.17. The summed E-state index contributed by atoms with van der Waals surface area (Å²) in [6.07, 6.45) is 1.07. The number of carbonyl (C=O) groups excluding carboxylic acids is 2. The topological polar surface area (TPSA) is 49.4 Å². The highest BCUT2D eigenvalue weighted by molar-refractivity contribution is 5.86. The molecule has 1 heterocycles. The first-order valence-electron chi connectivity index (χ1n) is 6.80. The molecule has 0 aliphatic carbocycles. The van der Waals surface area contributed by atoms with Crippen molar-refractivity contribution in [2.45, 2.75) is 26.3 Å². The molecule has 0 aromatic heterocycles. The predicted molar refractivity (Wildman–Crippen MR) is 73.3 cm³/mol. The van der Waals surface area contributed by atoms with Crippen molar-refractivity contribution in [2.75, 3.05) is 13.1 Å². The molecule has 1 aromatic rings. The minimum atomic E-state index is -0.155. The standard InChI is InChI=1S/C15H20N2O2/c1-2-17(11-12-6-4-3-5-7-12)15(19)13-8-9-16-14(18)10-13/h3-7,13H,2,8-11H2,1H3,(H,16,18). The lowest BCUT2D eigenvalue weighted by atomic mass is 9.95. The van der Waals surface area contributed by atoms with Gasteiger partial charge in [-0.25, -0.2) is 0 Å². The van der Waals surface area contributed by atoms with Crippen molar-refractivity contribution in [1.82, 2.24) is 10.2 Å². The van der Waals surface area contributed by atoms with E-state index in [1.54, 1.807) is 0 Å². The second-order valence-corrected chi connectivity index (χ2v) is 4.88. The summed E-state index contributed by atoms with van der Waals surface area (Å²) in [7, 11) is 0. The van der Waals surface area contributed by atoms with E-state index in [1.807, 2.05) is 42.2 Å². The maximum atomic E-state index is 12.4. The Morgan fingerprint density at radius 2 is 2.11 bits per heavy atom. The Labute approximate surface area is 113 Å². The summed E-state index contributed by atoms with van der Waals surface area (Å²) in [5.74, 6) is -0.0704. The van der Waals surface area contributed by atoms with E-state index in [2.05, 4.69) is 5.32 Å². The van der Waals surface area contributed by atoms with E-state index in [-0.39, 0.29) is 17.7 Å². The first kappa shape index (κ1) is 13.6. The van der Waals surface area contributed by atoms with Crippen LogP contribution in [-0.4, -0.2) is 29.8 Å². The van der Waals surface area contributed by atoms with Crippen molar-refractivity contribution >= 4 is 11.8 Å². The van der Waals surface area contributed by atoms with E-state index >= 15 is 0 Å². The second kappa shape index (κ2) is 6.36. The summed E-state index contributed by atoms with van der Waals surface area (Å²) in [6, 6.07) is 9.95. The Balaban J connectivity index is 2.00. The number of benzene rings is 1. The summed E-state index contributed by atoms with van der Waals surface area (Å²) in [4.78, 5) is 25.6. The molecule has 1 saturated heterocycles. The number of rotatable bonds is 4. The van der Waals surface area contributed by atoms with Crippen LogP contribution in [0.5, 0.6) is 0 Å². The van der Waals surface area contributed by atoms with E-state index in [1.165, 1.54) is 0 Å². The molecule has 102 valence electrons.